The Bertz CT molecular complexity index is 1360. The first-order valence-corrected chi connectivity index (χ1v) is 12.4. The molecule has 3 N–H and O–H groups in total. The minimum atomic E-state index is -4.61. The van der Waals surface area contributed by atoms with Crippen LogP contribution in [0.15, 0.2) is 48.5 Å². The van der Waals surface area contributed by atoms with Crippen LogP contribution in [-0.4, -0.2) is 63.5 Å². The number of anilines is 2. The van der Waals surface area contributed by atoms with E-state index in [4.69, 9.17) is 9.97 Å². The fourth-order valence-electron chi connectivity index (χ4n) is 4.79. The molecule has 0 radical (unpaired) electrons. The third kappa shape index (κ3) is 5.21. The number of benzene rings is 2. The van der Waals surface area contributed by atoms with Crippen LogP contribution in [0.25, 0.3) is 10.9 Å². The van der Waals surface area contributed by atoms with Crippen molar-refractivity contribution >= 4 is 34.3 Å². The zero-order chi connectivity index (χ0) is 27.0. The van der Waals surface area contributed by atoms with Crippen LogP contribution >= 0.6 is 0 Å². The van der Waals surface area contributed by atoms with E-state index in [0.29, 0.717) is 24.7 Å². The van der Waals surface area contributed by atoms with Gasteiger partial charge in [0.1, 0.15) is 23.8 Å². The molecule has 3 amide bonds. The zero-order valence-electron chi connectivity index (χ0n) is 20.9. The summed E-state index contributed by atoms with van der Waals surface area (Å²) in [5.41, 5.74) is -0.487. The molecular weight excluding hydrogens is 499 g/mol. The monoisotopic (exact) mass is 527 g/mol. The van der Waals surface area contributed by atoms with Crippen molar-refractivity contribution in [3.63, 3.8) is 0 Å². The number of carbonyl (C=O) groups excluding carboxylic acids is 2. The van der Waals surface area contributed by atoms with Crippen LogP contribution in [0.5, 0.6) is 0 Å². The van der Waals surface area contributed by atoms with Crippen LogP contribution in [0.4, 0.5) is 29.5 Å². The largest absolute Gasteiger partial charge is 0.418 e. The van der Waals surface area contributed by atoms with E-state index in [1.54, 1.807) is 0 Å². The third-order valence-corrected chi connectivity index (χ3v) is 6.80. The summed E-state index contributed by atoms with van der Waals surface area (Å²) in [5, 5.41) is 9.52. The number of fused-ring (bicyclic) bond motifs is 5. The highest BCUT2D eigenvalue weighted by Crippen LogP contribution is 2.34. The molecule has 200 valence electrons. The molecule has 38 heavy (non-hydrogen) atoms. The Kier molecular flexibility index (Phi) is 6.82. The number of aromatic nitrogens is 2. The van der Waals surface area contributed by atoms with Crippen LogP contribution in [0.1, 0.15) is 25.2 Å². The maximum absolute atomic E-state index is 13.4. The summed E-state index contributed by atoms with van der Waals surface area (Å²) in [5.74, 6) is 0.804. The van der Waals surface area contributed by atoms with E-state index in [0.717, 1.165) is 17.0 Å². The van der Waals surface area contributed by atoms with Gasteiger partial charge in [0.25, 0.3) is 0 Å². The highest BCUT2D eigenvalue weighted by Gasteiger charge is 2.37. The lowest BCUT2D eigenvalue weighted by Crippen LogP contribution is -2.63. The molecule has 2 atom stereocenters. The number of hydrogen-bond donors (Lipinski definition) is 3. The first kappa shape index (κ1) is 25.7. The fraction of sp³-hybridized carbons (Fsp3) is 0.385. The van der Waals surface area contributed by atoms with Gasteiger partial charge >= 0.3 is 12.2 Å². The summed E-state index contributed by atoms with van der Waals surface area (Å²) >= 11 is 0. The lowest BCUT2D eigenvalue weighted by atomic mass is 10.0. The number of alkyl halides is 3. The average Bonchev–Trinajstić information content (AvgIpc) is 2.87. The van der Waals surface area contributed by atoms with Crippen LogP contribution in [-0.2, 0) is 17.5 Å². The van der Waals surface area contributed by atoms with Crippen molar-refractivity contribution in [3.8, 4) is 0 Å². The molecule has 5 rings (SSSR count). The normalized spacial score (nSPS) is 20.5. The minimum Gasteiger partial charge on any atom is -0.358 e. The van der Waals surface area contributed by atoms with Crippen LogP contribution < -0.4 is 16.0 Å². The summed E-state index contributed by atoms with van der Waals surface area (Å²) in [6.45, 7) is 4.86. The van der Waals surface area contributed by atoms with Gasteiger partial charge in [-0.1, -0.05) is 38.1 Å². The molecule has 1 fully saturated rings. The number of para-hydroxylation sites is 2. The van der Waals surface area contributed by atoms with Gasteiger partial charge in [0.2, 0.25) is 5.91 Å². The Morgan fingerprint density at radius 2 is 1.79 bits per heavy atom. The zero-order valence-corrected chi connectivity index (χ0v) is 20.9. The van der Waals surface area contributed by atoms with E-state index in [-0.39, 0.29) is 30.6 Å². The molecule has 2 bridgehead atoms. The number of hydrogen-bond acceptors (Lipinski definition) is 6. The average molecular weight is 528 g/mol. The highest BCUT2D eigenvalue weighted by atomic mass is 19.4. The second kappa shape index (κ2) is 10.1. The van der Waals surface area contributed by atoms with Crippen molar-refractivity contribution in [1.82, 2.24) is 25.1 Å². The number of urea groups is 1. The third-order valence-electron chi connectivity index (χ3n) is 6.80. The van der Waals surface area contributed by atoms with E-state index >= 15 is 0 Å². The van der Waals surface area contributed by atoms with E-state index in [2.05, 4.69) is 16.0 Å². The summed E-state index contributed by atoms with van der Waals surface area (Å²) in [7, 11) is 0. The molecule has 0 spiro atoms. The first-order valence-electron chi connectivity index (χ1n) is 12.4. The summed E-state index contributed by atoms with van der Waals surface area (Å²) in [4.78, 5) is 39.2. The van der Waals surface area contributed by atoms with Crippen LogP contribution in [0, 0.1) is 5.92 Å². The van der Waals surface area contributed by atoms with Gasteiger partial charge in [-0.25, -0.2) is 14.8 Å². The summed E-state index contributed by atoms with van der Waals surface area (Å²) in [6.07, 6.45) is -5.19. The lowest BCUT2D eigenvalue weighted by Gasteiger charge is -2.42. The molecule has 9 nitrogen and oxygen atoms in total. The number of carbonyl (C=O) groups is 2. The molecule has 12 heteroatoms. The maximum Gasteiger partial charge on any atom is 0.418 e. The number of halogens is 3. The van der Waals surface area contributed by atoms with Crippen LogP contribution in [0.3, 0.4) is 0 Å². The summed E-state index contributed by atoms with van der Waals surface area (Å²) in [6, 6.07) is 11.1. The Labute approximate surface area is 217 Å². The SMILES string of the molecule is CC(C)[C@@H]1Nc2nc(nc3ccccc23)CN2CCN(C(=O)Nc3ccccc3C(F)(F)F)CC2NC1=O. The molecule has 2 aliphatic heterocycles. The Morgan fingerprint density at radius 3 is 2.55 bits per heavy atom. The van der Waals surface area contributed by atoms with Crippen molar-refractivity contribution in [1.29, 1.82) is 0 Å². The minimum absolute atomic E-state index is 0.0804. The number of nitrogens with zero attached hydrogens (tertiary/aromatic N) is 4. The van der Waals surface area contributed by atoms with Gasteiger partial charge < -0.3 is 20.9 Å². The lowest BCUT2D eigenvalue weighted by molar-refractivity contribution is -0.137. The number of nitrogens with one attached hydrogen (secondary N) is 3. The van der Waals surface area contributed by atoms with E-state index < -0.39 is 30.0 Å². The van der Waals surface area contributed by atoms with Gasteiger partial charge in [-0.3, -0.25) is 9.69 Å². The Balaban J connectivity index is 1.41. The number of rotatable bonds is 2. The highest BCUT2D eigenvalue weighted by molar-refractivity contribution is 5.93. The predicted molar refractivity (Wildman–Crippen MR) is 136 cm³/mol. The first-order chi connectivity index (χ1) is 18.1. The van der Waals surface area contributed by atoms with Crippen molar-refractivity contribution < 1.29 is 22.8 Å². The number of piperazine rings is 1. The molecule has 2 aromatic carbocycles. The van der Waals surface area contributed by atoms with Crippen molar-refractivity contribution in [2.24, 2.45) is 5.92 Å². The van der Waals surface area contributed by atoms with Gasteiger partial charge in [-0.2, -0.15) is 13.2 Å². The van der Waals surface area contributed by atoms with Gasteiger partial charge in [0.15, 0.2) is 0 Å². The van der Waals surface area contributed by atoms with E-state index in [1.807, 2.05) is 43.0 Å². The summed E-state index contributed by atoms with van der Waals surface area (Å²) < 4.78 is 40.2. The second-order valence-corrected chi connectivity index (χ2v) is 9.79. The molecule has 1 saturated heterocycles. The molecule has 3 aromatic rings. The Hall–Kier alpha value is -3.93. The van der Waals surface area contributed by atoms with Crippen molar-refractivity contribution in [3.05, 3.63) is 59.9 Å². The molecule has 1 unspecified atom stereocenters. The second-order valence-electron chi connectivity index (χ2n) is 9.79. The molecular formula is C26H28F3N7O2. The van der Waals surface area contributed by atoms with Gasteiger partial charge in [-0.15, -0.1) is 0 Å². The van der Waals surface area contributed by atoms with E-state index in [9.17, 15) is 22.8 Å². The maximum atomic E-state index is 13.4. The van der Waals surface area contributed by atoms with E-state index in [1.165, 1.54) is 23.1 Å². The molecule has 0 saturated carbocycles. The van der Waals surface area contributed by atoms with Crippen molar-refractivity contribution in [2.75, 3.05) is 30.3 Å². The quantitative estimate of drug-likeness (QED) is 0.468. The Morgan fingerprint density at radius 1 is 1.05 bits per heavy atom. The fourth-order valence-corrected chi connectivity index (χ4v) is 4.79. The van der Waals surface area contributed by atoms with Crippen LogP contribution in [0.2, 0.25) is 0 Å². The predicted octanol–water partition coefficient (Wildman–Crippen LogP) is 3.89. The molecule has 1 aromatic heterocycles. The standard InChI is InChI=1S/C26H28F3N7O2/c1-15(2)22-24(37)33-21-14-36(25(38)31-19-10-6-4-8-17(19)26(27,28)29)12-11-35(21)13-20-30-18-9-5-3-7-16(18)23(32-20)34-22/h3-10,15,21-22H,11-14H2,1-2H3,(H,31,38)(H,33,37)(H,30,32,34)/t21?,22-/m0/s1. The topological polar surface area (TPSA) is 102 Å². The van der Waals surface area contributed by atoms with Gasteiger partial charge in [-0.05, 0) is 30.2 Å². The smallest absolute Gasteiger partial charge is 0.358 e. The van der Waals surface area contributed by atoms with Gasteiger partial charge in [0, 0.05) is 18.5 Å². The van der Waals surface area contributed by atoms with Gasteiger partial charge in [0.05, 0.1) is 29.9 Å². The number of amides is 3. The molecule has 2 aliphatic rings. The van der Waals surface area contributed by atoms with Crippen molar-refractivity contribution in [2.45, 2.75) is 38.8 Å². The molecule has 0 aliphatic carbocycles. The molecule has 3 heterocycles.